The molecule has 0 spiro atoms. The molecular formula is C23H24N2O3. The Morgan fingerprint density at radius 2 is 2.11 bits per heavy atom. The lowest BCUT2D eigenvalue weighted by molar-refractivity contribution is -0.129. The molecule has 5 nitrogen and oxygen atoms in total. The van der Waals surface area contributed by atoms with Crippen molar-refractivity contribution in [2.75, 3.05) is 20.2 Å². The quantitative estimate of drug-likeness (QED) is 0.560. The topological polar surface area (TPSA) is 43.1 Å². The highest BCUT2D eigenvalue weighted by atomic mass is 16.5. The van der Waals surface area contributed by atoms with E-state index < -0.39 is 0 Å². The minimum atomic E-state index is -0.0428. The minimum absolute atomic E-state index is 0.0135. The molecular weight excluding hydrogens is 352 g/mol. The van der Waals surface area contributed by atoms with Gasteiger partial charge in [0.1, 0.15) is 17.6 Å². The zero-order valence-electron chi connectivity index (χ0n) is 16.2. The second-order valence-corrected chi connectivity index (χ2v) is 6.94. The zero-order chi connectivity index (χ0) is 20.1. The number of piperidine rings is 1. The van der Waals surface area contributed by atoms with Gasteiger partial charge in [-0.3, -0.25) is 4.79 Å². The maximum Gasteiger partial charge on any atom is 0.245 e. The first-order valence-corrected chi connectivity index (χ1v) is 9.29. The molecule has 1 aliphatic heterocycles. The van der Waals surface area contributed by atoms with Crippen molar-refractivity contribution in [3.8, 4) is 22.6 Å². The summed E-state index contributed by atoms with van der Waals surface area (Å²) in [6.07, 6.45) is 2.08. The first-order chi connectivity index (χ1) is 13.5. The third-order valence-corrected chi connectivity index (χ3v) is 5.04. The molecule has 0 saturated carbocycles. The van der Waals surface area contributed by atoms with Crippen LogP contribution in [0.4, 0.5) is 5.69 Å². The van der Waals surface area contributed by atoms with Crippen molar-refractivity contribution in [1.82, 2.24) is 4.90 Å². The van der Waals surface area contributed by atoms with Gasteiger partial charge in [0.2, 0.25) is 5.91 Å². The largest absolute Gasteiger partial charge is 0.496 e. The first kappa shape index (κ1) is 19.5. The Morgan fingerprint density at radius 3 is 2.79 bits per heavy atom. The second-order valence-electron chi connectivity index (χ2n) is 6.94. The van der Waals surface area contributed by atoms with Gasteiger partial charge in [-0.1, -0.05) is 31.7 Å². The number of benzene rings is 2. The lowest BCUT2D eigenvalue weighted by atomic mass is 9.96. The molecule has 5 heteroatoms. The molecule has 1 amide bonds. The fourth-order valence-electron chi connectivity index (χ4n) is 3.56. The summed E-state index contributed by atoms with van der Waals surface area (Å²) >= 11 is 0. The lowest BCUT2D eigenvalue weighted by Gasteiger charge is -2.36. The number of carbonyl (C=O) groups is 1. The number of rotatable bonds is 5. The van der Waals surface area contributed by atoms with Gasteiger partial charge < -0.3 is 14.4 Å². The molecule has 144 valence electrons. The minimum Gasteiger partial charge on any atom is -0.496 e. The molecule has 28 heavy (non-hydrogen) atoms. The predicted octanol–water partition coefficient (Wildman–Crippen LogP) is 4.71. The Bertz CT molecular complexity index is 916. The van der Waals surface area contributed by atoms with Gasteiger partial charge in [-0.25, -0.2) is 4.85 Å². The molecule has 2 atom stereocenters. The van der Waals surface area contributed by atoms with Gasteiger partial charge in [0, 0.05) is 31.0 Å². The number of para-hydroxylation sites is 1. The summed E-state index contributed by atoms with van der Waals surface area (Å²) in [4.78, 5) is 17.2. The number of ether oxygens (including phenoxy) is 2. The SMILES string of the molecule is [C-]#[N+]c1cc(O[C@H]2CCN(C(=O)C=C)C[C@H]2C)cc(-c2ccccc2OC)c1. The molecule has 0 unspecified atom stereocenters. The van der Waals surface area contributed by atoms with Crippen LogP contribution in [-0.2, 0) is 4.79 Å². The van der Waals surface area contributed by atoms with E-state index >= 15 is 0 Å². The Morgan fingerprint density at radius 1 is 1.32 bits per heavy atom. The van der Waals surface area contributed by atoms with E-state index in [1.807, 2.05) is 36.4 Å². The van der Waals surface area contributed by atoms with Crippen molar-refractivity contribution in [3.05, 3.63) is 66.5 Å². The van der Waals surface area contributed by atoms with E-state index in [4.69, 9.17) is 16.0 Å². The highest BCUT2D eigenvalue weighted by Gasteiger charge is 2.29. The van der Waals surface area contributed by atoms with Crippen LogP contribution < -0.4 is 9.47 Å². The molecule has 0 aliphatic carbocycles. The van der Waals surface area contributed by atoms with E-state index in [9.17, 15) is 4.79 Å². The molecule has 3 rings (SSSR count). The number of hydrogen-bond donors (Lipinski definition) is 0. The van der Waals surface area contributed by atoms with Gasteiger partial charge in [0.15, 0.2) is 5.69 Å². The van der Waals surface area contributed by atoms with E-state index in [1.165, 1.54) is 6.08 Å². The fourth-order valence-corrected chi connectivity index (χ4v) is 3.56. The van der Waals surface area contributed by atoms with Crippen LogP contribution in [-0.4, -0.2) is 37.1 Å². The van der Waals surface area contributed by atoms with Gasteiger partial charge >= 0.3 is 0 Å². The Labute approximate surface area is 166 Å². The highest BCUT2D eigenvalue weighted by Crippen LogP contribution is 2.36. The maximum atomic E-state index is 11.8. The average molecular weight is 376 g/mol. The molecule has 1 fully saturated rings. The molecule has 1 saturated heterocycles. The number of carbonyl (C=O) groups excluding carboxylic acids is 1. The van der Waals surface area contributed by atoms with E-state index in [1.54, 1.807) is 18.1 Å². The van der Waals surface area contributed by atoms with Crippen molar-refractivity contribution in [1.29, 1.82) is 0 Å². The fraction of sp³-hybridized carbons (Fsp3) is 0.304. The van der Waals surface area contributed by atoms with Crippen LogP contribution in [0.2, 0.25) is 0 Å². The van der Waals surface area contributed by atoms with Crippen molar-refractivity contribution in [2.24, 2.45) is 5.92 Å². The molecule has 0 radical (unpaired) electrons. The van der Waals surface area contributed by atoms with E-state index in [0.717, 1.165) is 23.3 Å². The van der Waals surface area contributed by atoms with Crippen LogP contribution in [0.25, 0.3) is 16.0 Å². The molecule has 1 aliphatic rings. The standard InChI is InChI=1S/C23H24N2O3/c1-5-23(26)25-11-10-21(16(2)15-25)28-19-13-17(12-18(14-19)24-3)20-8-6-7-9-22(20)27-4/h5-9,12-14,16,21H,1,10-11,15H2,2,4H3/t16-,21+/m1/s1. The number of likely N-dealkylation sites (tertiary alicyclic amines) is 1. The van der Waals surface area contributed by atoms with Crippen molar-refractivity contribution >= 4 is 11.6 Å². The van der Waals surface area contributed by atoms with E-state index in [-0.39, 0.29) is 17.9 Å². The second kappa shape index (κ2) is 8.62. The van der Waals surface area contributed by atoms with E-state index in [0.29, 0.717) is 24.5 Å². The van der Waals surface area contributed by atoms with Crippen LogP contribution in [0.1, 0.15) is 13.3 Å². The third-order valence-electron chi connectivity index (χ3n) is 5.04. The Balaban J connectivity index is 1.84. The smallest absolute Gasteiger partial charge is 0.245 e. The summed E-state index contributed by atoms with van der Waals surface area (Å²) in [5, 5.41) is 0. The maximum absolute atomic E-state index is 11.8. The monoisotopic (exact) mass is 376 g/mol. The van der Waals surface area contributed by atoms with Crippen LogP contribution in [0.15, 0.2) is 55.1 Å². The molecule has 0 bridgehead atoms. The van der Waals surface area contributed by atoms with Crippen molar-refractivity contribution in [3.63, 3.8) is 0 Å². The molecule has 2 aromatic carbocycles. The predicted molar refractivity (Wildman–Crippen MR) is 110 cm³/mol. The number of nitrogens with zero attached hydrogens (tertiary/aromatic N) is 2. The Hall–Kier alpha value is -3.26. The van der Waals surface area contributed by atoms with E-state index in [2.05, 4.69) is 18.3 Å². The van der Waals surface area contributed by atoms with Gasteiger partial charge in [-0.2, -0.15) is 0 Å². The number of methoxy groups -OCH3 is 1. The highest BCUT2D eigenvalue weighted by molar-refractivity contribution is 5.87. The van der Waals surface area contributed by atoms with Crippen LogP contribution in [0.5, 0.6) is 11.5 Å². The zero-order valence-corrected chi connectivity index (χ0v) is 16.2. The summed E-state index contributed by atoms with van der Waals surface area (Å²) < 4.78 is 11.7. The Kier molecular flexibility index (Phi) is 6.00. The van der Waals surface area contributed by atoms with Gasteiger partial charge in [-0.05, 0) is 35.9 Å². The summed E-state index contributed by atoms with van der Waals surface area (Å²) in [5.74, 6) is 1.55. The molecule has 1 heterocycles. The van der Waals surface area contributed by atoms with Crippen LogP contribution in [0.3, 0.4) is 0 Å². The van der Waals surface area contributed by atoms with Gasteiger partial charge in [0.25, 0.3) is 0 Å². The molecule has 0 N–H and O–H groups in total. The first-order valence-electron chi connectivity index (χ1n) is 9.29. The van der Waals surface area contributed by atoms with Crippen LogP contribution >= 0.6 is 0 Å². The van der Waals surface area contributed by atoms with Crippen LogP contribution in [0, 0.1) is 12.5 Å². The summed E-state index contributed by atoms with van der Waals surface area (Å²) in [6, 6.07) is 13.3. The lowest BCUT2D eigenvalue weighted by Crippen LogP contribution is -2.46. The number of amides is 1. The van der Waals surface area contributed by atoms with Crippen molar-refractivity contribution in [2.45, 2.75) is 19.4 Å². The van der Waals surface area contributed by atoms with Crippen molar-refractivity contribution < 1.29 is 14.3 Å². The third kappa shape index (κ3) is 4.17. The number of hydrogen-bond acceptors (Lipinski definition) is 3. The normalized spacial score (nSPS) is 18.8. The molecule has 0 aromatic heterocycles. The summed E-state index contributed by atoms with van der Waals surface area (Å²) in [7, 11) is 1.63. The molecule has 2 aromatic rings. The average Bonchev–Trinajstić information content (AvgIpc) is 2.74. The van der Waals surface area contributed by atoms with Gasteiger partial charge in [-0.15, -0.1) is 0 Å². The van der Waals surface area contributed by atoms with Gasteiger partial charge in [0.05, 0.1) is 13.7 Å². The summed E-state index contributed by atoms with van der Waals surface area (Å²) in [6.45, 7) is 14.3. The summed E-state index contributed by atoms with van der Waals surface area (Å²) in [5.41, 5.74) is 2.32.